The number of carbonyl (C=O) groups excluding carboxylic acids is 2. The summed E-state index contributed by atoms with van der Waals surface area (Å²) >= 11 is 6.88. The molecule has 0 saturated heterocycles. The maximum atomic E-state index is 12.1. The van der Waals surface area contributed by atoms with Crippen molar-refractivity contribution in [1.29, 1.82) is 0 Å². The average Bonchev–Trinajstić information content (AvgIpc) is 3.33. The number of hydrazine groups is 1. The zero-order valence-electron chi connectivity index (χ0n) is 11.5. The molecule has 112 valence electrons. The van der Waals surface area contributed by atoms with Gasteiger partial charge in [0.15, 0.2) is 0 Å². The van der Waals surface area contributed by atoms with Crippen molar-refractivity contribution in [3.05, 3.63) is 35.9 Å². The van der Waals surface area contributed by atoms with Crippen LogP contribution in [-0.2, 0) is 9.59 Å². The Balaban J connectivity index is 1.50. The largest absolute Gasteiger partial charge is 0.273 e. The highest BCUT2D eigenvalue weighted by Crippen LogP contribution is 2.66. The van der Waals surface area contributed by atoms with Crippen LogP contribution in [0.1, 0.15) is 31.2 Å². The predicted molar refractivity (Wildman–Crippen MR) is 86.9 cm³/mol. The zero-order valence-corrected chi connectivity index (χ0v) is 14.7. The van der Waals surface area contributed by atoms with Gasteiger partial charge in [0.1, 0.15) is 0 Å². The van der Waals surface area contributed by atoms with Crippen LogP contribution in [0.5, 0.6) is 0 Å². The summed E-state index contributed by atoms with van der Waals surface area (Å²) in [5, 5.41) is 0. The maximum absolute atomic E-state index is 12.1. The number of benzene rings is 1. The molecule has 0 radical (unpaired) electrons. The Morgan fingerprint density at radius 3 is 2.38 bits per heavy atom. The van der Waals surface area contributed by atoms with Crippen LogP contribution in [-0.4, -0.2) is 15.0 Å². The average molecular weight is 416 g/mol. The van der Waals surface area contributed by atoms with Crippen LogP contribution >= 0.6 is 31.9 Å². The molecule has 4 nitrogen and oxygen atoms in total. The van der Waals surface area contributed by atoms with E-state index in [1.807, 2.05) is 37.3 Å². The quantitative estimate of drug-likeness (QED) is 0.589. The summed E-state index contributed by atoms with van der Waals surface area (Å²) in [5.41, 5.74) is 5.74. The van der Waals surface area contributed by atoms with Crippen molar-refractivity contribution < 1.29 is 9.59 Å². The van der Waals surface area contributed by atoms with Gasteiger partial charge in [-0.05, 0) is 31.2 Å². The van der Waals surface area contributed by atoms with Gasteiger partial charge in [0.25, 0.3) is 0 Å². The molecule has 6 heteroatoms. The molecular formula is C15H16Br2N2O2. The first-order valence-electron chi connectivity index (χ1n) is 6.88. The van der Waals surface area contributed by atoms with Crippen LogP contribution in [0.4, 0.5) is 0 Å². The number of amides is 2. The summed E-state index contributed by atoms with van der Waals surface area (Å²) in [7, 11) is 0. The van der Waals surface area contributed by atoms with Gasteiger partial charge in [-0.1, -0.05) is 62.2 Å². The van der Waals surface area contributed by atoms with Crippen molar-refractivity contribution in [1.82, 2.24) is 10.9 Å². The molecule has 0 aliphatic heterocycles. The Hall–Kier alpha value is -0.880. The Labute approximate surface area is 140 Å². The first-order valence-corrected chi connectivity index (χ1v) is 8.47. The Kier molecular flexibility index (Phi) is 3.64. The van der Waals surface area contributed by atoms with Crippen molar-refractivity contribution in [3.63, 3.8) is 0 Å². The minimum atomic E-state index is -0.525. The molecule has 0 aromatic heterocycles. The van der Waals surface area contributed by atoms with Crippen LogP contribution < -0.4 is 10.9 Å². The van der Waals surface area contributed by atoms with Crippen LogP contribution in [0.2, 0.25) is 0 Å². The fourth-order valence-corrected chi connectivity index (χ4v) is 4.03. The SMILES string of the molecule is C[C@@]1(C(=O)NNC(=O)[C@@H]2C[C@@H]2c2ccccc2)CC1(Br)Br. The number of halogens is 2. The summed E-state index contributed by atoms with van der Waals surface area (Å²) in [6.07, 6.45) is 1.53. The lowest BCUT2D eigenvalue weighted by Gasteiger charge is -2.13. The van der Waals surface area contributed by atoms with Gasteiger partial charge < -0.3 is 0 Å². The second-order valence-corrected chi connectivity index (χ2v) is 9.79. The molecule has 2 fully saturated rings. The molecule has 0 spiro atoms. The molecule has 0 unspecified atom stereocenters. The lowest BCUT2D eigenvalue weighted by molar-refractivity contribution is -0.132. The van der Waals surface area contributed by atoms with E-state index in [0.29, 0.717) is 6.42 Å². The van der Waals surface area contributed by atoms with E-state index >= 15 is 0 Å². The summed E-state index contributed by atoms with van der Waals surface area (Å²) in [6, 6.07) is 9.98. The van der Waals surface area contributed by atoms with Crippen molar-refractivity contribution in [2.75, 3.05) is 0 Å². The standard InChI is InChI=1S/C15H16Br2N2O2/c1-14(8-15(14,16)17)13(21)19-18-12(20)11-7-10(11)9-5-3-2-4-6-9/h2-6,10-11H,7-8H2,1H3,(H,18,20)(H,19,21)/t10-,11-,14+/m1/s1. The first-order chi connectivity index (χ1) is 9.85. The van der Waals surface area contributed by atoms with Crippen LogP contribution in [0.25, 0.3) is 0 Å². The maximum Gasteiger partial charge on any atom is 0.246 e. The van der Waals surface area contributed by atoms with E-state index in [1.54, 1.807) is 0 Å². The second kappa shape index (κ2) is 5.09. The van der Waals surface area contributed by atoms with Crippen molar-refractivity contribution >= 4 is 43.7 Å². The minimum Gasteiger partial charge on any atom is -0.273 e. The third kappa shape index (κ3) is 2.75. The van der Waals surface area contributed by atoms with Crippen molar-refractivity contribution in [2.24, 2.45) is 11.3 Å². The Bertz CT molecular complexity index is 591. The van der Waals surface area contributed by atoms with Gasteiger partial charge >= 0.3 is 0 Å². The molecular weight excluding hydrogens is 400 g/mol. The molecule has 2 N–H and O–H groups in total. The number of rotatable bonds is 3. The minimum absolute atomic E-state index is 0.0441. The van der Waals surface area contributed by atoms with Crippen LogP contribution in [0.15, 0.2) is 30.3 Å². The first kappa shape index (κ1) is 15.0. The second-order valence-electron chi connectivity index (χ2n) is 6.02. The van der Waals surface area contributed by atoms with E-state index in [1.165, 1.54) is 5.56 Å². The lowest BCUT2D eigenvalue weighted by atomic mass is 10.1. The smallest absolute Gasteiger partial charge is 0.246 e. The van der Waals surface area contributed by atoms with E-state index in [9.17, 15) is 9.59 Å². The summed E-state index contributed by atoms with van der Waals surface area (Å²) in [4.78, 5) is 24.1. The summed E-state index contributed by atoms with van der Waals surface area (Å²) in [5.74, 6) is -0.0684. The fourth-order valence-electron chi connectivity index (χ4n) is 2.55. The van der Waals surface area contributed by atoms with Crippen LogP contribution in [0, 0.1) is 11.3 Å². The lowest BCUT2D eigenvalue weighted by Crippen LogP contribution is -2.46. The van der Waals surface area contributed by atoms with Gasteiger partial charge in [0.2, 0.25) is 11.8 Å². The van der Waals surface area contributed by atoms with Gasteiger partial charge in [0, 0.05) is 5.92 Å². The molecule has 2 aliphatic carbocycles. The molecule has 1 aromatic rings. The number of hydrogen-bond acceptors (Lipinski definition) is 2. The van der Waals surface area contributed by atoms with E-state index < -0.39 is 5.41 Å². The molecule has 21 heavy (non-hydrogen) atoms. The van der Waals surface area contributed by atoms with Gasteiger partial charge in [-0.3, -0.25) is 20.4 Å². The highest BCUT2D eigenvalue weighted by atomic mass is 79.9. The van der Waals surface area contributed by atoms with Gasteiger partial charge in [-0.25, -0.2) is 0 Å². The summed E-state index contributed by atoms with van der Waals surface area (Å²) < 4.78 is -0.353. The third-order valence-corrected chi connectivity index (χ3v) is 6.72. The van der Waals surface area contributed by atoms with E-state index in [2.05, 4.69) is 42.7 Å². The molecule has 2 amide bonds. The Morgan fingerprint density at radius 1 is 1.19 bits per heavy atom. The highest BCUT2D eigenvalue weighted by Gasteiger charge is 2.66. The number of hydrogen-bond donors (Lipinski definition) is 2. The van der Waals surface area contributed by atoms with Crippen molar-refractivity contribution in [3.8, 4) is 0 Å². The van der Waals surface area contributed by atoms with Gasteiger partial charge in [-0.15, -0.1) is 0 Å². The van der Waals surface area contributed by atoms with Crippen LogP contribution in [0.3, 0.4) is 0 Å². The molecule has 0 heterocycles. The molecule has 3 atom stereocenters. The summed E-state index contributed by atoms with van der Waals surface area (Å²) in [6.45, 7) is 1.85. The van der Waals surface area contributed by atoms with E-state index in [-0.39, 0.29) is 26.9 Å². The number of carbonyl (C=O) groups is 2. The molecule has 1 aromatic carbocycles. The third-order valence-electron chi connectivity index (χ3n) is 4.41. The Morgan fingerprint density at radius 2 is 1.81 bits per heavy atom. The van der Waals surface area contributed by atoms with E-state index in [4.69, 9.17) is 0 Å². The highest BCUT2D eigenvalue weighted by molar-refractivity contribution is 9.25. The topological polar surface area (TPSA) is 58.2 Å². The zero-order chi connectivity index (χ0) is 15.3. The predicted octanol–water partition coefficient (Wildman–Crippen LogP) is 2.83. The number of alkyl halides is 2. The van der Waals surface area contributed by atoms with Gasteiger partial charge in [-0.2, -0.15) is 0 Å². The monoisotopic (exact) mass is 414 g/mol. The molecule has 3 rings (SSSR count). The molecule has 2 aliphatic rings. The fraction of sp³-hybridized carbons (Fsp3) is 0.467. The molecule has 0 bridgehead atoms. The normalized spacial score (nSPS) is 32.1. The van der Waals surface area contributed by atoms with Gasteiger partial charge in [0.05, 0.1) is 8.65 Å². The number of nitrogens with one attached hydrogen (secondary N) is 2. The van der Waals surface area contributed by atoms with Crippen molar-refractivity contribution in [2.45, 2.75) is 28.9 Å². The molecule has 2 saturated carbocycles. The van der Waals surface area contributed by atoms with E-state index in [0.717, 1.165) is 6.42 Å².